The predicted molar refractivity (Wildman–Crippen MR) is 67.2 cm³/mol. The fraction of sp³-hybridized carbons (Fsp3) is 0.600. The van der Waals surface area contributed by atoms with Crippen LogP contribution in [0.4, 0.5) is 0 Å². The molecular weight excluding hydrogens is 212 g/mol. The highest BCUT2D eigenvalue weighted by atomic mass is 16.5. The van der Waals surface area contributed by atoms with Crippen LogP contribution in [0.5, 0.6) is 5.75 Å². The maximum atomic E-state index is 10.8. The highest BCUT2D eigenvalue weighted by Crippen LogP contribution is 2.45. The van der Waals surface area contributed by atoms with Crippen LogP contribution in [0.25, 0.3) is 0 Å². The van der Waals surface area contributed by atoms with Crippen molar-refractivity contribution < 1.29 is 9.84 Å². The zero-order chi connectivity index (χ0) is 11.9. The van der Waals surface area contributed by atoms with Crippen LogP contribution in [-0.4, -0.2) is 12.2 Å². The summed E-state index contributed by atoms with van der Waals surface area (Å²) in [5.41, 5.74) is 1.81. The lowest BCUT2D eigenvalue weighted by Gasteiger charge is -2.24. The molecule has 92 valence electrons. The number of rotatable bonds is 4. The molecule has 2 heteroatoms. The number of hydrogen-bond acceptors (Lipinski definition) is 2. The van der Waals surface area contributed by atoms with Gasteiger partial charge in [0.05, 0.1) is 12.7 Å². The van der Waals surface area contributed by atoms with E-state index in [9.17, 15) is 5.11 Å². The first-order valence-corrected chi connectivity index (χ1v) is 6.61. The lowest BCUT2D eigenvalue weighted by molar-refractivity contribution is 0.0258. The molecule has 2 aliphatic carbocycles. The zero-order valence-corrected chi connectivity index (χ0v) is 10.4. The van der Waals surface area contributed by atoms with Gasteiger partial charge in [-0.3, -0.25) is 0 Å². The lowest BCUT2D eigenvalue weighted by Crippen LogP contribution is -2.22. The fourth-order valence-electron chi connectivity index (χ4n) is 2.92. The molecule has 1 saturated carbocycles. The van der Waals surface area contributed by atoms with Crippen LogP contribution in [-0.2, 0) is 12.0 Å². The maximum absolute atomic E-state index is 10.8. The maximum Gasteiger partial charge on any atom is 0.119 e. The molecule has 17 heavy (non-hydrogen) atoms. The zero-order valence-electron chi connectivity index (χ0n) is 10.4. The number of aliphatic hydroxyl groups is 1. The average molecular weight is 232 g/mol. The largest absolute Gasteiger partial charge is 0.497 e. The third-order valence-corrected chi connectivity index (χ3v) is 4.29. The minimum absolute atomic E-state index is 0.591. The van der Waals surface area contributed by atoms with Crippen molar-refractivity contribution in [3.8, 4) is 5.75 Å². The minimum atomic E-state index is -0.591. The van der Waals surface area contributed by atoms with Crippen LogP contribution in [0.2, 0.25) is 0 Å². The molecule has 2 aliphatic rings. The smallest absolute Gasteiger partial charge is 0.119 e. The van der Waals surface area contributed by atoms with Gasteiger partial charge in [0.1, 0.15) is 5.75 Å². The summed E-state index contributed by atoms with van der Waals surface area (Å²) in [6.45, 7) is 0. The van der Waals surface area contributed by atoms with Crippen LogP contribution in [0, 0.1) is 5.92 Å². The summed E-state index contributed by atoms with van der Waals surface area (Å²) >= 11 is 0. The topological polar surface area (TPSA) is 29.5 Å². The van der Waals surface area contributed by atoms with Crippen molar-refractivity contribution in [1.29, 1.82) is 0 Å². The van der Waals surface area contributed by atoms with E-state index in [-0.39, 0.29) is 0 Å². The van der Waals surface area contributed by atoms with E-state index in [0.717, 1.165) is 36.5 Å². The Morgan fingerprint density at radius 2 is 2.24 bits per heavy atom. The number of benzene rings is 1. The van der Waals surface area contributed by atoms with E-state index in [1.165, 1.54) is 24.8 Å². The van der Waals surface area contributed by atoms with E-state index in [1.54, 1.807) is 7.11 Å². The van der Waals surface area contributed by atoms with Gasteiger partial charge in [0.15, 0.2) is 0 Å². The first-order chi connectivity index (χ1) is 8.21. The van der Waals surface area contributed by atoms with Gasteiger partial charge in [-0.25, -0.2) is 0 Å². The van der Waals surface area contributed by atoms with E-state index in [1.807, 2.05) is 12.1 Å². The molecule has 1 aromatic rings. The van der Waals surface area contributed by atoms with Crippen molar-refractivity contribution in [3.63, 3.8) is 0 Å². The van der Waals surface area contributed by atoms with Gasteiger partial charge in [-0.15, -0.1) is 0 Å². The van der Waals surface area contributed by atoms with Crippen molar-refractivity contribution in [2.75, 3.05) is 7.11 Å². The van der Waals surface area contributed by atoms with E-state index >= 15 is 0 Å². The summed E-state index contributed by atoms with van der Waals surface area (Å²) in [5.74, 6) is 1.74. The molecule has 0 aliphatic heterocycles. The van der Waals surface area contributed by atoms with Crippen LogP contribution in [0.1, 0.15) is 43.2 Å². The summed E-state index contributed by atoms with van der Waals surface area (Å²) in [6, 6.07) is 6.12. The molecule has 0 bridgehead atoms. The molecule has 1 unspecified atom stereocenters. The Morgan fingerprint density at radius 3 is 2.94 bits per heavy atom. The highest BCUT2D eigenvalue weighted by Gasteiger charge is 2.38. The molecule has 2 nitrogen and oxygen atoms in total. The second-order valence-electron chi connectivity index (χ2n) is 5.54. The standard InChI is InChI=1S/C15H20O2/c1-17-13-5-4-12-7-9-15(16,14(12)10-13)8-6-11-2-3-11/h4-5,10-11,16H,2-3,6-9H2,1H3. The summed E-state index contributed by atoms with van der Waals surface area (Å²) in [4.78, 5) is 0. The molecule has 1 N–H and O–H groups in total. The number of fused-ring (bicyclic) bond motifs is 1. The SMILES string of the molecule is COc1ccc2c(c1)C(O)(CCC1CC1)CC2. The predicted octanol–water partition coefficient (Wildman–Crippen LogP) is 3.02. The summed E-state index contributed by atoms with van der Waals surface area (Å²) in [7, 11) is 1.68. The first-order valence-electron chi connectivity index (χ1n) is 6.61. The summed E-state index contributed by atoms with van der Waals surface area (Å²) in [6.07, 6.45) is 6.69. The van der Waals surface area contributed by atoms with Crippen LogP contribution in [0.3, 0.4) is 0 Å². The molecule has 1 aromatic carbocycles. The Bertz CT molecular complexity index is 423. The highest BCUT2D eigenvalue weighted by molar-refractivity contribution is 5.42. The normalized spacial score (nSPS) is 26.9. The lowest BCUT2D eigenvalue weighted by atomic mass is 9.90. The molecule has 3 rings (SSSR count). The molecule has 0 aromatic heterocycles. The van der Waals surface area contributed by atoms with Crippen molar-refractivity contribution in [3.05, 3.63) is 29.3 Å². The third kappa shape index (κ3) is 2.06. The van der Waals surface area contributed by atoms with E-state index in [2.05, 4.69) is 6.07 Å². The monoisotopic (exact) mass is 232 g/mol. The van der Waals surface area contributed by atoms with Gasteiger partial charge in [0.25, 0.3) is 0 Å². The number of hydrogen-bond donors (Lipinski definition) is 1. The number of aryl methyl sites for hydroxylation is 1. The summed E-state index contributed by atoms with van der Waals surface area (Å²) in [5, 5.41) is 10.8. The molecule has 0 spiro atoms. The number of ether oxygens (including phenoxy) is 1. The fourth-order valence-corrected chi connectivity index (χ4v) is 2.92. The average Bonchev–Trinajstić information content (AvgIpc) is 3.13. The molecule has 0 saturated heterocycles. The minimum Gasteiger partial charge on any atom is -0.497 e. The van der Waals surface area contributed by atoms with Crippen molar-refractivity contribution in [1.82, 2.24) is 0 Å². The number of methoxy groups -OCH3 is 1. The van der Waals surface area contributed by atoms with Crippen LogP contribution in [0.15, 0.2) is 18.2 Å². The van der Waals surface area contributed by atoms with Gasteiger partial charge < -0.3 is 9.84 Å². The van der Waals surface area contributed by atoms with E-state index in [4.69, 9.17) is 4.74 Å². The first kappa shape index (κ1) is 11.1. The summed E-state index contributed by atoms with van der Waals surface area (Å²) < 4.78 is 5.26. The molecule has 1 fully saturated rings. The quantitative estimate of drug-likeness (QED) is 0.864. The molecule has 0 heterocycles. The van der Waals surface area contributed by atoms with Gasteiger partial charge in [0, 0.05) is 0 Å². The third-order valence-electron chi connectivity index (χ3n) is 4.29. The van der Waals surface area contributed by atoms with Gasteiger partial charge >= 0.3 is 0 Å². The van der Waals surface area contributed by atoms with Crippen LogP contribution < -0.4 is 4.74 Å². The van der Waals surface area contributed by atoms with Crippen molar-refractivity contribution in [2.24, 2.45) is 5.92 Å². The van der Waals surface area contributed by atoms with Gasteiger partial charge in [-0.05, 0) is 54.9 Å². The van der Waals surface area contributed by atoms with E-state index < -0.39 is 5.60 Å². The van der Waals surface area contributed by atoms with E-state index in [0.29, 0.717) is 0 Å². The second kappa shape index (κ2) is 4.02. The van der Waals surface area contributed by atoms with Crippen LogP contribution >= 0.6 is 0 Å². The Morgan fingerprint density at radius 1 is 1.41 bits per heavy atom. The molecule has 1 atom stereocenters. The van der Waals surface area contributed by atoms with Gasteiger partial charge in [0.2, 0.25) is 0 Å². The molecular formula is C15H20O2. The van der Waals surface area contributed by atoms with Gasteiger partial charge in [-0.2, -0.15) is 0 Å². The molecule has 0 amide bonds. The molecule has 0 radical (unpaired) electrons. The van der Waals surface area contributed by atoms with Gasteiger partial charge in [-0.1, -0.05) is 18.9 Å². The second-order valence-corrected chi connectivity index (χ2v) is 5.54. The van der Waals surface area contributed by atoms with Crippen molar-refractivity contribution >= 4 is 0 Å². The van der Waals surface area contributed by atoms with Crippen molar-refractivity contribution in [2.45, 2.75) is 44.1 Å². The Labute approximate surface area is 103 Å². The Balaban J connectivity index is 1.83. The Kier molecular flexibility index (Phi) is 2.62. The Hall–Kier alpha value is -1.02.